The first kappa shape index (κ1) is 30.8. The minimum Gasteiger partial charge on any atom is -0.507 e. The molecule has 1 saturated heterocycles. The van der Waals surface area contributed by atoms with Crippen molar-refractivity contribution in [2.45, 2.75) is 64.9 Å². The highest BCUT2D eigenvalue weighted by Crippen LogP contribution is 2.42. The number of thiophene rings is 1. The lowest BCUT2D eigenvalue weighted by Gasteiger charge is -2.30. The monoisotopic (exact) mass is 563 g/mol. The molecule has 0 unspecified atom stereocenters. The van der Waals surface area contributed by atoms with E-state index in [0.29, 0.717) is 11.6 Å². The number of hydrogen-bond acceptors (Lipinski definition) is 5. The summed E-state index contributed by atoms with van der Waals surface area (Å²) in [6, 6.07) is 16.0. The van der Waals surface area contributed by atoms with E-state index in [-0.39, 0.29) is 41.7 Å². The molecule has 1 atom stereocenters. The van der Waals surface area contributed by atoms with Crippen molar-refractivity contribution in [1.29, 1.82) is 0 Å². The summed E-state index contributed by atoms with van der Waals surface area (Å²) in [6.07, 6.45) is 1.05. The van der Waals surface area contributed by atoms with Crippen molar-refractivity contribution in [3.05, 3.63) is 69.9 Å². The lowest BCUT2D eigenvalue weighted by atomic mass is 9.79. The third kappa shape index (κ3) is 7.34. The summed E-state index contributed by atoms with van der Waals surface area (Å²) in [5.41, 5.74) is 9.75. The van der Waals surface area contributed by atoms with Crippen LogP contribution in [0.3, 0.4) is 0 Å². The SMILES string of the molecule is CC(C)(C)c1cc(N2CC[C@H](Oc3ccc(N=C(N)c4cccs4)cc3)C2)cc(C(C)(C)C)c1O.Cl.Cl. The van der Waals surface area contributed by atoms with Crippen LogP contribution < -0.4 is 15.4 Å². The second-order valence-electron chi connectivity index (χ2n) is 11.3. The Labute approximate surface area is 237 Å². The van der Waals surface area contributed by atoms with Gasteiger partial charge in [-0.15, -0.1) is 36.2 Å². The third-order valence-corrected chi connectivity index (χ3v) is 7.28. The number of phenols is 1. The molecule has 2 aromatic carbocycles. The lowest BCUT2D eigenvalue weighted by molar-refractivity contribution is 0.225. The first-order valence-corrected chi connectivity index (χ1v) is 13.1. The van der Waals surface area contributed by atoms with Crippen molar-refractivity contribution in [1.82, 2.24) is 0 Å². The van der Waals surface area contributed by atoms with Gasteiger partial charge in [0.1, 0.15) is 23.4 Å². The number of nitrogens with zero attached hydrogens (tertiary/aromatic N) is 2. The fourth-order valence-electron chi connectivity index (χ4n) is 4.41. The number of anilines is 1. The predicted octanol–water partition coefficient (Wildman–Crippen LogP) is 7.59. The van der Waals surface area contributed by atoms with Crippen molar-refractivity contribution in [2.24, 2.45) is 10.7 Å². The molecular formula is C29H39Cl2N3O2S. The van der Waals surface area contributed by atoms with Gasteiger partial charge in [0.2, 0.25) is 0 Å². The quantitative estimate of drug-likeness (QED) is 0.248. The van der Waals surface area contributed by atoms with Gasteiger partial charge >= 0.3 is 0 Å². The van der Waals surface area contributed by atoms with Crippen molar-refractivity contribution in [3.63, 3.8) is 0 Å². The Morgan fingerprint density at radius 2 is 1.59 bits per heavy atom. The van der Waals surface area contributed by atoms with Gasteiger partial charge in [-0.1, -0.05) is 47.6 Å². The third-order valence-electron chi connectivity index (χ3n) is 6.38. The number of benzene rings is 2. The fourth-order valence-corrected chi connectivity index (χ4v) is 5.04. The van der Waals surface area contributed by atoms with Gasteiger partial charge in [0.15, 0.2) is 0 Å². The first-order valence-electron chi connectivity index (χ1n) is 12.2. The molecule has 5 nitrogen and oxygen atoms in total. The maximum atomic E-state index is 11.0. The van der Waals surface area contributed by atoms with Crippen LogP contribution in [0.25, 0.3) is 0 Å². The van der Waals surface area contributed by atoms with E-state index in [4.69, 9.17) is 10.5 Å². The zero-order valence-corrected chi connectivity index (χ0v) is 24.9. The van der Waals surface area contributed by atoms with Gasteiger partial charge in [0.25, 0.3) is 0 Å². The molecule has 2 heterocycles. The van der Waals surface area contributed by atoms with Gasteiger partial charge in [-0.05, 0) is 58.7 Å². The fraction of sp³-hybridized carbons (Fsp3) is 0.414. The summed E-state index contributed by atoms with van der Waals surface area (Å²) < 4.78 is 6.31. The topological polar surface area (TPSA) is 71.1 Å². The maximum absolute atomic E-state index is 11.0. The zero-order valence-electron chi connectivity index (χ0n) is 22.4. The van der Waals surface area contributed by atoms with Crippen LogP contribution >= 0.6 is 36.2 Å². The van der Waals surface area contributed by atoms with Crippen LogP contribution in [0.1, 0.15) is 64.0 Å². The normalized spacial score (nSPS) is 16.2. The molecular weight excluding hydrogens is 525 g/mol. The van der Waals surface area contributed by atoms with E-state index in [1.165, 1.54) is 0 Å². The Balaban J connectivity index is 0.00000241. The molecule has 1 aromatic heterocycles. The molecule has 0 spiro atoms. The van der Waals surface area contributed by atoms with Gasteiger partial charge in [-0.3, -0.25) is 0 Å². The number of hydrogen-bond donors (Lipinski definition) is 2. The van der Waals surface area contributed by atoms with Crippen LogP contribution in [-0.4, -0.2) is 30.1 Å². The summed E-state index contributed by atoms with van der Waals surface area (Å²) >= 11 is 1.58. The summed E-state index contributed by atoms with van der Waals surface area (Å²) in [4.78, 5) is 7.85. The average molecular weight is 565 g/mol. The summed E-state index contributed by atoms with van der Waals surface area (Å²) in [6.45, 7) is 14.6. The molecule has 0 bridgehead atoms. The van der Waals surface area contributed by atoms with Crippen LogP contribution in [0.4, 0.5) is 11.4 Å². The molecule has 37 heavy (non-hydrogen) atoms. The Bertz CT molecular complexity index is 1160. The van der Waals surface area contributed by atoms with Crippen LogP contribution in [0.15, 0.2) is 58.9 Å². The van der Waals surface area contributed by atoms with Crippen molar-refractivity contribution in [2.75, 3.05) is 18.0 Å². The van der Waals surface area contributed by atoms with E-state index in [1.807, 2.05) is 41.8 Å². The van der Waals surface area contributed by atoms with Crippen molar-refractivity contribution < 1.29 is 9.84 Å². The van der Waals surface area contributed by atoms with Crippen LogP contribution in [0, 0.1) is 0 Å². The van der Waals surface area contributed by atoms with Gasteiger partial charge in [0.05, 0.1) is 17.1 Å². The summed E-state index contributed by atoms with van der Waals surface area (Å²) in [7, 11) is 0. The van der Waals surface area contributed by atoms with E-state index in [2.05, 4.69) is 63.6 Å². The molecule has 0 saturated carbocycles. The largest absolute Gasteiger partial charge is 0.507 e. The Morgan fingerprint density at radius 3 is 2.11 bits per heavy atom. The highest BCUT2D eigenvalue weighted by molar-refractivity contribution is 7.12. The van der Waals surface area contributed by atoms with Gasteiger partial charge in [0, 0.05) is 29.8 Å². The van der Waals surface area contributed by atoms with Crippen LogP contribution in [-0.2, 0) is 10.8 Å². The molecule has 1 aliphatic rings. The number of aromatic hydroxyl groups is 1. The van der Waals surface area contributed by atoms with Gasteiger partial charge < -0.3 is 20.5 Å². The molecule has 8 heteroatoms. The van der Waals surface area contributed by atoms with Crippen molar-refractivity contribution >= 4 is 53.4 Å². The highest BCUT2D eigenvalue weighted by atomic mass is 35.5. The van der Waals surface area contributed by atoms with E-state index in [1.54, 1.807) is 11.3 Å². The molecule has 3 N–H and O–H groups in total. The zero-order chi connectivity index (χ0) is 25.4. The molecule has 4 rings (SSSR count). The molecule has 3 aromatic rings. The molecule has 0 amide bonds. The smallest absolute Gasteiger partial charge is 0.141 e. The van der Waals surface area contributed by atoms with Crippen LogP contribution in [0.5, 0.6) is 11.5 Å². The van der Waals surface area contributed by atoms with E-state index >= 15 is 0 Å². The van der Waals surface area contributed by atoms with Gasteiger partial charge in [-0.2, -0.15) is 0 Å². The van der Waals surface area contributed by atoms with Gasteiger partial charge in [-0.25, -0.2) is 4.99 Å². The van der Waals surface area contributed by atoms with E-state index < -0.39 is 0 Å². The summed E-state index contributed by atoms with van der Waals surface area (Å²) in [5.74, 6) is 1.78. The number of phenolic OH excluding ortho intramolecular Hbond substituents is 1. The lowest BCUT2D eigenvalue weighted by Crippen LogP contribution is -2.26. The summed E-state index contributed by atoms with van der Waals surface area (Å²) in [5, 5.41) is 13.0. The standard InChI is InChI=1S/C29H37N3O2S.2ClH/c1-28(2,3)23-16-20(17-24(26(23)33)29(4,5)6)32-14-13-22(18-32)34-21-11-9-19(10-12-21)31-27(30)25-8-7-15-35-25;;/h7-12,15-17,22,33H,13-14,18H2,1-6H3,(H2,30,31);2*1H/t22-;;/m0../s1. The van der Waals surface area contributed by atoms with E-state index in [0.717, 1.165) is 52.6 Å². The number of rotatable bonds is 5. The average Bonchev–Trinajstić information content (AvgIpc) is 3.46. The van der Waals surface area contributed by atoms with E-state index in [9.17, 15) is 5.11 Å². The molecule has 1 aliphatic heterocycles. The first-order chi connectivity index (χ1) is 16.4. The number of amidine groups is 1. The highest BCUT2D eigenvalue weighted by Gasteiger charge is 2.30. The molecule has 202 valence electrons. The predicted molar refractivity (Wildman–Crippen MR) is 162 cm³/mol. The minimum atomic E-state index is -0.146. The second kappa shape index (κ2) is 12.0. The molecule has 0 aliphatic carbocycles. The Morgan fingerprint density at radius 1 is 1.00 bits per heavy atom. The number of nitrogens with two attached hydrogens (primary N) is 1. The number of halogens is 2. The van der Waals surface area contributed by atoms with Crippen molar-refractivity contribution in [3.8, 4) is 11.5 Å². The minimum absolute atomic E-state index is 0. The number of aliphatic imine (C=N–C) groups is 1. The Hall–Kier alpha value is -2.41. The molecule has 1 fully saturated rings. The number of ether oxygens (including phenoxy) is 1. The molecule has 0 radical (unpaired) electrons. The maximum Gasteiger partial charge on any atom is 0.141 e. The Kier molecular flexibility index (Phi) is 9.97. The second-order valence-corrected chi connectivity index (χ2v) is 12.3. The van der Waals surface area contributed by atoms with Crippen LogP contribution in [0.2, 0.25) is 0 Å².